The lowest BCUT2D eigenvalue weighted by Gasteiger charge is -2.32. The lowest BCUT2D eigenvalue weighted by atomic mass is 10.1. The molecule has 0 radical (unpaired) electrons. The second kappa shape index (κ2) is 13.3. The first-order valence-corrected chi connectivity index (χ1v) is 9.32. The zero-order chi connectivity index (χ0) is 16.0. The maximum Gasteiger partial charge on any atom is 0.160 e. The second-order valence-corrected chi connectivity index (χ2v) is 6.55. The molecule has 1 aliphatic heterocycles. The van der Waals surface area contributed by atoms with Crippen molar-refractivity contribution in [2.45, 2.75) is 102 Å². The number of hydrogen-bond donors (Lipinski definition) is 2. The van der Waals surface area contributed by atoms with Gasteiger partial charge in [-0.05, 0) is 6.42 Å². The molecule has 0 bridgehead atoms. The highest BCUT2D eigenvalue weighted by Crippen LogP contribution is 2.20. The molecule has 1 rings (SSSR count). The number of rotatable bonds is 13. The summed E-state index contributed by atoms with van der Waals surface area (Å²) in [5.41, 5.74) is 0. The van der Waals surface area contributed by atoms with Gasteiger partial charge in [0.25, 0.3) is 0 Å². The van der Waals surface area contributed by atoms with Crippen LogP contribution in [0.2, 0.25) is 0 Å². The van der Waals surface area contributed by atoms with E-state index < -0.39 is 6.10 Å². The van der Waals surface area contributed by atoms with Gasteiger partial charge in [-0.2, -0.15) is 0 Å². The summed E-state index contributed by atoms with van der Waals surface area (Å²) in [6.07, 6.45) is 13.1. The van der Waals surface area contributed by atoms with Crippen LogP contribution in [0.1, 0.15) is 84.0 Å². The molecule has 4 heteroatoms. The van der Waals surface area contributed by atoms with Crippen molar-refractivity contribution < 1.29 is 19.7 Å². The third-order valence-corrected chi connectivity index (χ3v) is 4.35. The molecule has 132 valence electrons. The van der Waals surface area contributed by atoms with Crippen molar-refractivity contribution in [3.05, 3.63) is 0 Å². The first-order valence-electron chi connectivity index (χ1n) is 9.32. The largest absolute Gasteiger partial charge is 0.394 e. The van der Waals surface area contributed by atoms with Crippen molar-refractivity contribution in [2.75, 3.05) is 13.2 Å². The molecule has 2 N–H and O–H groups in total. The van der Waals surface area contributed by atoms with Gasteiger partial charge in [0.05, 0.1) is 18.8 Å². The zero-order valence-electron chi connectivity index (χ0n) is 14.3. The molecule has 1 unspecified atom stereocenters. The van der Waals surface area contributed by atoms with Crippen LogP contribution in [0.4, 0.5) is 0 Å². The molecular formula is C18H36O4. The fraction of sp³-hybridized carbons (Fsp3) is 1.00. The van der Waals surface area contributed by atoms with Gasteiger partial charge in [-0.15, -0.1) is 0 Å². The molecule has 0 aliphatic carbocycles. The highest BCUT2D eigenvalue weighted by atomic mass is 16.7. The second-order valence-electron chi connectivity index (χ2n) is 6.55. The number of aliphatic hydroxyl groups is 2. The van der Waals surface area contributed by atoms with Gasteiger partial charge in [0.2, 0.25) is 0 Å². The molecule has 3 atom stereocenters. The molecule has 0 aromatic carbocycles. The van der Waals surface area contributed by atoms with Crippen molar-refractivity contribution in [1.29, 1.82) is 0 Å². The van der Waals surface area contributed by atoms with Crippen LogP contribution in [-0.2, 0) is 9.47 Å². The summed E-state index contributed by atoms with van der Waals surface area (Å²) in [6.45, 7) is 2.90. The summed E-state index contributed by atoms with van der Waals surface area (Å²) in [5, 5.41) is 18.8. The molecule has 0 saturated carbocycles. The number of hydrogen-bond acceptors (Lipinski definition) is 4. The first kappa shape index (κ1) is 19.9. The summed E-state index contributed by atoms with van der Waals surface area (Å²) >= 11 is 0. The molecule has 22 heavy (non-hydrogen) atoms. The van der Waals surface area contributed by atoms with E-state index in [9.17, 15) is 5.11 Å². The van der Waals surface area contributed by atoms with Gasteiger partial charge < -0.3 is 19.7 Å². The highest BCUT2D eigenvalue weighted by molar-refractivity contribution is 4.72. The average Bonchev–Trinajstić information content (AvgIpc) is 2.52. The van der Waals surface area contributed by atoms with E-state index in [1.54, 1.807) is 0 Å². The minimum absolute atomic E-state index is 0.0465. The molecular weight excluding hydrogens is 280 g/mol. The molecule has 1 saturated heterocycles. The van der Waals surface area contributed by atoms with E-state index >= 15 is 0 Å². The Kier molecular flexibility index (Phi) is 12.0. The van der Waals surface area contributed by atoms with Crippen LogP contribution in [0.3, 0.4) is 0 Å². The van der Waals surface area contributed by atoms with Crippen LogP contribution in [0.5, 0.6) is 0 Å². The van der Waals surface area contributed by atoms with Crippen LogP contribution < -0.4 is 0 Å². The highest BCUT2D eigenvalue weighted by Gasteiger charge is 2.28. The van der Waals surface area contributed by atoms with Crippen LogP contribution in [0.25, 0.3) is 0 Å². The van der Waals surface area contributed by atoms with Gasteiger partial charge in [0, 0.05) is 19.4 Å². The van der Waals surface area contributed by atoms with Crippen molar-refractivity contribution in [2.24, 2.45) is 0 Å². The predicted octanol–water partition coefficient (Wildman–Crippen LogP) is 3.78. The maximum atomic E-state index is 9.69. The van der Waals surface area contributed by atoms with Gasteiger partial charge in [-0.3, -0.25) is 0 Å². The van der Waals surface area contributed by atoms with E-state index in [1.807, 2.05) is 0 Å². The molecule has 0 aromatic rings. The van der Waals surface area contributed by atoms with E-state index in [1.165, 1.54) is 57.8 Å². The zero-order valence-corrected chi connectivity index (χ0v) is 14.3. The third kappa shape index (κ3) is 9.78. The standard InChI is InChI=1S/C18H36O4/c1-2-3-4-5-6-7-8-9-10-11-12-21-18-14-16(20)13-17(15-19)22-18/h16-20H,2-15H2,1H3/t16-,17-,18?/m0/s1. The van der Waals surface area contributed by atoms with Crippen molar-refractivity contribution in [3.63, 3.8) is 0 Å². The Labute approximate surface area is 136 Å². The van der Waals surface area contributed by atoms with Gasteiger partial charge in [0.15, 0.2) is 6.29 Å². The number of aliphatic hydroxyl groups excluding tert-OH is 2. The van der Waals surface area contributed by atoms with Crippen LogP contribution in [0.15, 0.2) is 0 Å². The molecule has 0 amide bonds. The molecule has 4 nitrogen and oxygen atoms in total. The first-order chi connectivity index (χ1) is 10.8. The Balaban J connectivity index is 1.87. The normalized spacial score (nSPS) is 25.5. The van der Waals surface area contributed by atoms with Crippen LogP contribution >= 0.6 is 0 Å². The number of ether oxygens (including phenoxy) is 2. The smallest absolute Gasteiger partial charge is 0.160 e. The Morgan fingerprint density at radius 3 is 2.09 bits per heavy atom. The summed E-state index contributed by atoms with van der Waals surface area (Å²) in [4.78, 5) is 0. The van der Waals surface area contributed by atoms with Gasteiger partial charge in [-0.25, -0.2) is 0 Å². The monoisotopic (exact) mass is 316 g/mol. The van der Waals surface area contributed by atoms with E-state index in [4.69, 9.17) is 14.6 Å². The van der Waals surface area contributed by atoms with Crippen molar-refractivity contribution in [1.82, 2.24) is 0 Å². The Morgan fingerprint density at radius 2 is 1.50 bits per heavy atom. The van der Waals surface area contributed by atoms with Gasteiger partial charge in [0.1, 0.15) is 0 Å². The maximum absolute atomic E-state index is 9.69. The van der Waals surface area contributed by atoms with Crippen molar-refractivity contribution in [3.8, 4) is 0 Å². The third-order valence-electron chi connectivity index (χ3n) is 4.35. The fourth-order valence-corrected chi connectivity index (χ4v) is 2.98. The minimum atomic E-state index is -0.413. The summed E-state index contributed by atoms with van der Waals surface area (Å²) in [6, 6.07) is 0. The van der Waals surface area contributed by atoms with E-state index in [0.717, 1.165) is 6.42 Å². The van der Waals surface area contributed by atoms with E-state index in [0.29, 0.717) is 19.4 Å². The average molecular weight is 316 g/mol. The summed E-state index contributed by atoms with van der Waals surface area (Å²) in [7, 11) is 0. The molecule has 1 fully saturated rings. The SMILES string of the molecule is CCCCCCCCCCCCOC1C[C@@H](O)C[C@@H](CO)O1. The summed E-state index contributed by atoms with van der Waals surface area (Å²) < 4.78 is 11.2. The minimum Gasteiger partial charge on any atom is -0.394 e. The summed E-state index contributed by atoms with van der Waals surface area (Å²) in [5.74, 6) is 0. The van der Waals surface area contributed by atoms with E-state index in [-0.39, 0.29) is 19.0 Å². The predicted molar refractivity (Wildman–Crippen MR) is 88.8 cm³/mol. The van der Waals surface area contributed by atoms with Gasteiger partial charge in [-0.1, -0.05) is 64.7 Å². The Bertz CT molecular complexity index is 247. The molecule has 1 aliphatic rings. The molecule has 0 aromatic heterocycles. The van der Waals surface area contributed by atoms with Crippen LogP contribution in [-0.4, -0.2) is 41.9 Å². The molecule has 0 spiro atoms. The number of unbranched alkanes of at least 4 members (excludes halogenated alkanes) is 9. The van der Waals surface area contributed by atoms with Gasteiger partial charge >= 0.3 is 0 Å². The van der Waals surface area contributed by atoms with Crippen LogP contribution in [0, 0.1) is 0 Å². The van der Waals surface area contributed by atoms with Crippen molar-refractivity contribution >= 4 is 0 Å². The lowest BCUT2D eigenvalue weighted by molar-refractivity contribution is -0.221. The van der Waals surface area contributed by atoms with E-state index in [2.05, 4.69) is 6.92 Å². The Morgan fingerprint density at radius 1 is 0.909 bits per heavy atom. The fourth-order valence-electron chi connectivity index (χ4n) is 2.98. The Hall–Kier alpha value is -0.160. The lowest BCUT2D eigenvalue weighted by Crippen LogP contribution is -2.39. The quantitative estimate of drug-likeness (QED) is 0.508. The molecule has 1 heterocycles. The topological polar surface area (TPSA) is 58.9 Å².